The second-order valence-corrected chi connectivity index (χ2v) is 5.08. The van der Waals surface area contributed by atoms with Crippen LogP contribution >= 0.6 is 11.6 Å². The molecule has 1 aromatic rings. The third-order valence-electron chi connectivity index (χ3n) is 3.02. The third-order valence-corrected chi connectivity index (χ3v) is 3.26. The van der Waals surface area contributed by atoms with Gasteiger partial charge in [-0.2, -0.15) is 0 Å². The van der Waals surface area contributed by atoms with E-state index in [2.05, 4.69) is 4.74 Å². The average molecular weight is 298 g/mol. The number of nitrogens with zero attached hydrogens (tertiary/aromatic N) is 1. The number of fused-ring (bicyclic) bond motifs is 1. The van der Waals surface area contributed by atoms with Crippen molar-refractivity contribution in [3.8, 4) is 0 Å². The fraction of sp³-hybridized carbons (Fsp3) is 0.308. The summed E-state index contributed by atoms with van der Waals surface area (Å²) in [5.74, 6) is -2.42. The second kappa shape index (κ2) is 4.88. The van der Waals surface area contributed by atoms with Crippen LogP contribution in [0.5, 0.6) is 0 Å². The summed E-state index contributed by atoms with van der Waals surface area (Å²) in [6, 6.07) is 4.39. The summed E-state index contributed by atoms with van der Waals surface area (Å²) in [6.45, 7) is 0.837. The topological polar surface area (TPSA) is 83.9 Å². The van der Waals surface area contributed by atoms with Crippen molar-refractivity contribution in [3.63, 3.8) is 0 Å². The van der Waals surface area contributed by atoms with E-state index in [0.717, 1.165) is 12.0 Å². The highest BCUT2D eigenvalue weighted by Gasteiger charge is 2.42. The van der Waals surface area contributed by atoms with Crippen LogP contribution in [0.3, 0.4) is 0 Å². The van der Waals surface area contributed by atoms with Crippen LogP contribution in [0.25, 0.3) is 0 Å². The molecule has 20 heavy (non-hydrogen) atoms. The number of amides is 1. The zero-order valence-electron chi connectivity index (χ0n) is 10.8. The zero-order chi connectivity index (χ0) is 15.1. The summed E-state index contributed by atoms with van der Waals surface area (Å²) in [7, 11) is 1.13. The van der Waals surface area contributed by atoms with Gasteiger partial charge in [-0.15, -0.1) is 0 Å². The Morgan fingerprint density at radius 1 is 1.45 bits per heavy atom. The molecule has 0 saturated carbocycles. The fourth-order valence-electron chi connectivity index (χ4n) is 2.02. The number of β-amino-alcohol motifs (C(OH)–C–C–N with tert-alkyl or cyclic N) is 1. The molecule has 106 valence electrons. The van der Waals surface area contributed by atoms with Crippen molar-refractivity contribution in [1.82, 2.24) is 0 Å². The van der Waals surface area contributed by atoms with Gasteiger partial charge in [0.15, 0.2) is 5.60 Å². The van der Waals surface area contributed by atoms with Gasteiger partial charge in [-0.25, -0.2) is 4.79 Å². The number of Topliss-reactive ketones (excluding diaryl/α,β-unsaturated/α-hetero) is 1. The second-order valence-electron chi connectivity index (χ2n) is 4.65. The molecule has 0 bridgehead atoms. The Kier molecular flexibility index (Phi) is 3.54. The number of methoxy groups -OCH3 is 1. The lowest BCUT2D eigenvalue weighted by Gasteiger charge is -2.26. The van der Waals surface area contributed by atoms with Gasteiger partial charge in [-0.1, -0.05) is 11.6 Å². The highest BCUT2D eigenvalue weighted by atomic mass is 35.5. The number of esters is 1. The van der Waals surface area contributed by atoms with Crippen LogP contribution in [0.15, 0.2) is 18.2 Å². The molecular weight excluding hydrogens is 286 g/mol. The molecule has 1 N–H and O–H groups in total. The molecule has 0 aliphatic carbocycles. The summed E-state index contributed by atoms with van der Waals surface area (Å²) >= 11 is 5.78. The van der Waals surface area contributed by atoms with Gasteiger partial charge in [0.05, 0.1) is 24.9 Å². The fourth-order valence-corrected chi connectivity index (χ4v) is 2.19. The Hall–Kier alpha value is -1.92. The van der Waals surface area contributed by atoms with Crippen molar-refractivity contribution in [2.24, 2.45) is 0 Å². The number of rotatable bonds is 3. The number of hydrogen-bond donors (Lipinski definition) is 1. The Bertz CT molecular complexity index is 611. The first-order chi connectivity index (χ1) is 9.27. The van der Waals surface area contributed by atoms with E-state index in [1.165, 1.54) is 25.1 Å². The van der Waals surface area contributed by atoms with Crippen LogP contribution in [-0.4, -0.2) is 42.0 Å². The number of ketones is 1. The van der Waals surface area contributed by atoms with E-state index in [9.17, 15) is 19.5 Å². The molecule has 0 saturated heterocycles. The number of benzene rings is 1. The van der Waals surface area contributed by atoms with Gasteiger partial charge in [-0.05, 0) is 25.1 Å². The van der Waals surface area contributed by atoms with Gasteiger partial charge in [-0.3, -0.25) is 9.59 Å². The normalized spacial score (nSPS) is 16.9. The minimum atomic E-state index is -1.91. The zero-order valence-corrected chi connectivity index (χ0v) is 11.6. The molecule has 0 radical (unpaired) electrons. The number of hydrogen-bond acceptors (Lipinski definition) is 5. The monoisotopic (exact) mass is 297 g/mol. The van der Waals surface area contributed by atoms with Crippen molar-refractivity contribution in [2.45, 2.75) is 12.5 Å². The van der Waals surface area contributed by atoms with Crippen LogP contribution in [0.4, 0.5) is 5.69 Å². The van der Waals surface area contributed by atoms with Crippen molar-refractivity contribution in [2.75, 3.05) is 18.6 Å². The van der Waals surface area contributed by atoms with Gasteiger partial charge < -0.3 is 14.7 Å². The maximum Gasteiger partial charge on any atom is 0.339 e. The third kappa shape index (κ3) is 2.28. The van der Waals surface area contributed by atoms with E-state index in [1.807, 2.05) is 0 Å². The number of halogens is 1. The van der Waals surface area contributed by atoms with E-state index in [1.54, 1.807) is 0 Å². The first-order valence-corrected chi connectivity index (χ1v) is 6.12. The van der Waals surface area contributed by atoms with Gasteiger partial charge in [0, 0.05) is 5.02 Å². The molecule has 1 atom stereocenters. The van der Waals surface area contributed by atoms with Gasteiger partial charge >= 0.3 is 5.97 Å². The molecule has 7 heteroatoms. The molecule has 2 rings (SSSR count). The molecule has 1 aliphatic heterocycles. The molecule has 1 unspecified atom stereocenters. The molecule has 1 amide bonds. The summed E-state index contributed by atoms with van der Waals surface area (Å²) < 4.78 is 4.46. The lowest BCUT2D eigenvalue weighted by atomic mass is 10.1. The van der Waals surface area contributed by atoms with Gasteiger partial charge in [0.25, 0.3) is 11.7 Å². The predicted octanol–water partition coefficient (Wildman–Crippen LogP) is 0.793. The quantitative estimate of drug-likeness (QED) is 0.659. The number of carbonyl (C=O) groups excluding carboxylic acids is 3. The summed E-state index contributed by atoms with van der Waals surface area (Å²) in [6.07, 6.45) is 0. The summed E-state index contributed by atoms with van der Waals surface area (Å²) in [4.78, 5) is 36.3. The maximum absolute atomic E-state index is 11.9. The van der Waals surface area contributed by atoms with Crippen LogP contribution in [0, 0.1) is 0 Å². The van der Waals surface area contributed by atoms with Crippen molar-refractivity contribution < 1.29 is 24.2 Å². The van der Waals surface area contributed by atoms with E-state index in [0.29, 0.717) is 10.7 Å². The molecule has 1 aromatic carbocycles. The van der Waals surface area contributed by atoms with Gasteiger partial charge in [0.2, 0.25) is 0 Å². The molecule has 0 aromatic heterocycles. The van der Waals surface area contributed by atoms with Gasteiger partial charge in [0.1, 0.15) is 0 Å². The van der Waals surface area contributed by atoms with Crippen molar-refractivity contribution >= 4 is 34.9 Å². The number of anilines is 1. The Morgan fingerprint density at radius 3 is 2.70 bits per heavy atom. The smallest absolute Gasteiger partial charge is 0.339 e. The molecule has 0 fully saturated rings. The SMILES string of the molecule is COC(=O)C(C)(O)CN1C(=O)C(=O)c2cc(Cl)ccc21. The summed E-state index contributed by atoms with van der Waals surface area (Å²) in [5.41, 5.74) is -1.44. The number of ether oxygens (including phenoxy) is 1. The lowest BCUT2D eigenvalue weighted by Crippen LogP contribution is -2.49. The largest absolute Gasteiger partial charge is 0.467 e. The van der Waals surface area contributed by atoms with E-state index in [-0.39, 0.29) is 12.1 Å². The molecule has 1 heterocycles. The summed E-state index contributed by atoms with van der Waals surface area (Å²) in [5, 5.41) is 10.3. The Labute approximate surface area is 119 Å². The Balaban J connectivity index is 2.38. The van der Waals surface area contributed by atoms with E-state index >= 15 is 0 Å². The minimum absolute atomic E-state index is 0.156. The minimum Gasteiger partial charge on any atom is -0.467 e. The van der Waals surface area contributed by atoms with E-state index in [4.69, 9.17) is 11.6 Å². The first kappa shape index (κ1) is 14.5. The Morgan fingerprint density at radius 2 is 2.10 bits per heavy atom. The van der Waals surface area contributed by atoms with Crippen LogP contribution in [0.1, 0.15) is 17.3 Å². The van der Waals surface area contributed by atoms with Crippen molar-refractivity contribution in [3.05, 3.63) is 28.8 Å². The van der Waals surface area contributed by atoms with Crippen molar-refractivity contribution in [1.29, 1.82) is 0 Å². The average Bonchev–Trinajstić information content (AvgIpc) is 2.62. The number of carbonyl (C=O) groups is 3. The van der Waals surface area contributed by atoms with Crippen LogP contribution < -0.4 is 4.90 Å². The predicted molar refractivity (Wildman–Crippen MR) is 70.8 cm³/mol. The first-order valence-electron chi connectivity index (χ1n) is 5.74. The van der Waals surface area contributed by atoms with E-state index < -0.39 is 23.3 Å². The number of aliphatic hydroxyl groups is 1. The lowest BCUT2D eigenvalue weighted by molar-refractivity contribution is -0.159. The molecule has 1 aliphatic rings. The molecule has 6 nitrogen and oxygen atoms in total. The molecular formula is C13H12ClNO5. The van der Waals surface area contributed by atoms with Crippen LogP contribution in [0.2, 0.25) is 5.02 Å². The maximum atomic E-state index is 11.9. The standard InChI is InChI=1S/C13H12ClNO5/c1-13(19,12(18)20-2)6-15-9-4-3-7(14)5-8(9)10(16)11(15)17/h3-5,19H,6H2,1-2H3. The van der Waals surface area contributed by atoms with Crippen LogP contribution in [-0.2, 0) is 14.3 Å². The highest BCUT2D eigenvalue weighted by Crippen LogP contribution is 2.32. The molecule has 0 spiro atoms. The highest BCUT2D eigenvalue weighted by molar-refractivity contribution is 6.52.